The summed E-state index contributed by atoms with van der Waals surface area (Å²) < 4.78 is 17.7. The van der Waals surface area contributed by atoms with E-state index in [0.717, 1.165) is 148 Å². The highest BCUT2D eigenvalue weighted by atomic mass is 16.7. The summed E-state index contributed by atoms with van der Waals surface area (Å²) in [5.41, 5.74) is 0. The van der Waals surface area contributed by atoms with E-state index in [2.05, 4.69) is 148 Å². The Balaban J connectivity index is 2.55. The monoisotopic (exact) mass is 1270 g/mol. The Kier molecular flexibility index (Phi) is 61.4. The summed E-state index contributed by atoms with van der Waals surface area (Å²) in [7, 11) is 0. The molecule has 11 nitrogen and oxygen atoms in total. The van der Waals surface area contributed by atoms with E-state index in [1.807, 2.05) is 6.08 Å². The van der Waals surface area contributed by atoms with Gasteiger partial charge in [0.2, 0.25) is 5.91 Å². The van der Waals surface area contributed by atoms with Gasteiger partial charge in [-0.25, -0.2) is 0 Å². The second-order valence-electron chi connectivity index (χ2n) is 24.9. The molecule has 11 heteroatoms. The summed E-state index contributed by atoms with van der Waals surface area (Å²) in [6.45, 7) is 5.65. The molecule has 1 amide bonds. The zero-order chi connectivity index (χ0) is 66.0. The zero-order valence-electron chi connectivity index (χ0n) is 57.9. The number of hydrogen-bond donors (Lipinski definition) is 6. The maximum absolute atomic E-state index is 13.5. The van der Waals surface area contributed by atoms with E-state index in [1.54, 1.807) is 6.08 Å². The fourth-order valence-corrected chi connectivity index (χ4v) is 10.8. The number of carbonyl (C=O) groups is 2. The fourth-order valence-electron chi connectivity index (χ4n) is 10.8. The van der Waals surface area contributed by atoms with Crippen molar-refractivity contribution in [3.63, 3.8) is 0 Å². The number of allylic oxidation sites excluding steroid dienone is 21. The molecule has 0 bridgehead atoms. The Morgan fingerprint density at radius 2 is 0.791 bits per heavy atom. The van der Waals surface area contributed by atoms with Crippen molar-refractivity contribution < 1.29 is 49.3 Å². The molecule has 1 fully saturated rings. The molecule has 0 saturated carbocycles. The summed E-state index contributed by atoms with van der Waals surface area (Å²) in [5, 5.41) is 57.3. The number of aliphatic hydroxyl groups is 5. The average Bonchev–Trinajstić information content (AvgIpc) is 1.14. The van der Waals surface area contributed by atoms with E-state index in [4.69, 9.17) is 14.2 Å². The smallest absolute Gasteiger partial charge is 0.306 e. The molecule has 1 aliphatic rings. The molecule has 0 aromatic rings. The number of esters is 1. The van der Waals surface area contributed by atoms with Crippen LogP contribution in [0.3, 0.4) is 0 Å². The summed E-state index contributed by atoms with van der Waals surface area (Å²) in [6.07, 6.45) is 83.4. The molecule has 0 aromatic carbocycles. The highest BCUT2D eigenvalue weighted by molar-refractivity contribution is 5.80. The summed E-state index contributed by atoms with van der Waals surface area (Å²) >= 11 is 0. The number of unbranched alkanes of at least 4 members (excludes halogenated alkanes) is 28. The normalized spacial score (nSPS) is 18.8. The number of nitrogens with one attached hydrogen (secondary N) is 1. The Hall–Kier alpha value is -4.20. The molecule has 6 N–H and O–H groups in total. The summed E-state index contributed by atoms with van der Waals surface area (Å²) in [6, 6.07) is -1.04. The van der Waals surface area contributed by atoms with Gasteiger partial charge < -0.3 is 45.1 Å². The average molecular weight is 1270 g/mol. The predicted molar refractivity (Wildman–Crippen MR) is 384 cm³/mol. The first-order valence-electron chi connectivity index (χ1n) is 37.0. The lowest BCUT2D eigenvalue weighted by Gasteiger charge is -2.41. The van der Waals surface area contributed by atoms with Gasteiger partial charge in [0, 0.05) is 6.42 Å². The minimum atomic E-state index is -1.63. The standard InChI is InChI=1S/C80H135NO10/c1-4-7-10-13-16-19-22-24-26-28-30-32-34-36-37-38-40-42-44-46-48-50-53-56-59-62-65-68-75(85)91-78-77(87)76(86)74(69-82)90-80(78)89-70-71(72(83)66-63-60-57-54-51-21-18-15-12-9-6-3)81-79(88)73(84)67-64-61-58-55-52-49-47-45-43-41-39-35-33-31-29-27-25-23-20-17-14-11-8-5-2/h7,10,16-17,19-20,24-27,30-33,36-37,39-42,63,66,71-74,76-78,80,82-84,86-87H,4-6,8-9,11-15,18,21-23,28-29,34-35,38,43-62,64-65,67-70H2,1-3H3,(H,81,88)/b10-7-,19-16-,20-17-,26-24-,27-25-,32-30-,33-31-,37-36-,41-39-,42-40-,66-63+. The van der Waals surface area contributed by atoms with Crippen LogP contribution in [0.5, 0.6) is 0 Å². The first-order chi connectivity index (χ1) is 44.7. The molecule has 8 atom stereocenters. The fraction of sp³-hybridized carbons (Fsp3) is 0.700. The van der Waals surface area contributed by atoms with Crippen molar-refractivity contribution in [2.75, 3.05) is 13.2 Å². The van der Waals surface area contributed by atoms with Gasteiger partial charge >= 0.3 is 5.97 Å². The third kappa shape index (κ3) is 52.8. The van der Waals surface area contributed by atoms with Crippen LogP contribution >= 0.6 is 0 Å². The largest absolute Gasteiger partial charge is 0.454 e. The van der Waals surface area contributed by atoms with Gasteiger partial charge in [0.25, 0.3) is 0 Å². The van der Waals surface area contributed by atoms with Crippen molar-refractivity contribution in [3.05, 3.63) is 134 Å². The molecule has 1 saturated heterocycles. The molecule has 1 rings (SSSR count). The second kappa shape index (κ2) is 65.8. The lowest BCUT2D eigenvalue weighted by Crippen LogP contribution is -2.61. The molecule has 0 aromatic heterocycles. The van der Waals surface area contributed by atoms with E-state index < -0.39 is 67.4 Å². The third-order valence-electron chi connectivity index (χ3n) is 16.5. The Morgan fingerprint density at radius 1 is 0.440 bits per heavy atom. The molecule has 1 aliphatic heterocycles. The minimum absolute atomic E-state index is 0.105. The van der Waals surface area contributed by atoms with Crippen LogP contribution < -0.4 is 5.32 Å². The van der Waals surface area contributed by atoms with Gasteiger partial charge in [-0.05, 0) is 122 Å². The van der Waals surface area contributed by atoms with Crippen LogP contribution in [0.25, 0.3) is 0 Å². The van der Waals surface area contributed by atoms with Gasteiger partial charge in [0.15, 0.2) is 12.4 Å². The number of amides is 1. The van der Waals surface area contributed by atoms with Crippen LogP contribution in [-0.4, -0.2) is 99.6 Å². The van der Waals surface area contributed by atoms with E-state index in [-0.39, 0.29) is 19.4 Å². The number of rotatable bonds is 62. The molecule has 520 valence electrons. The van der Waals surface area contributed by atoms with Gasteiger partial charge in [0.1, 0.15) is 24.4 Å². The Bertz CT molecular complexity index is 2000. The van der Waals surface area contributed by atoms with Crippen LogP contribution in [0.4, 0.5) is 0 Å². The van der Waals surface area contributed by atoms with E-state index in [0.29, 0.717) is 12.8 Å². The lowest BCUT2D eigenvalue weighted by atomic mass is 9.99. The number of ether oxygens (including phenoxy) is 3. The quantitative estimate of drug-likeness (QED) is 0.0195. The zero-order valence-corrected chi connectivity index (χ0v) is 57.9. The van der Waals surface area contributed by atoms with Gasteiger partial charge in [-0.15, -0.1) is 0 Å². The maximum Gasteiger partial charge on any atom is 0.306 e. The SMILES string of the molecule is CC/C=C\C/C=C\C/C=C\C/C=C\C/C=C\C/C=C\CCCCCCCCCCC(=O)OC1C(OCC(NC(=O)C(O)CCCCCCCCCC/C=C\C/C=C\C/C=C\C/C=C\CCCCC)C(O)/C=C/CCCCCCCCCCC)OC(CO)C(O)C1O. The van der Waals surface area contributed by atoms with Crippen LogP contribution in [-0.2, 0) is 23.8 Å². The van der Waals surface area contributed by atoms with E-state index in [9.17, 15) is 35.1 Å². The second-order valence-corrected chi connectivity index (χ2v) is 24.9. The Morgan fingerprint density at radius 3 is 1.21 bits per heavy atom. The molecule has 8 unspecified atom stereocenters. The van der Waals surface area contributed by atoms with Crippen molar-refractivity contribution in [2.24, 2.45) is 0 Å². The van der Waals surface area contributed by atoms with Crippen molar-refractivity contribution in [3.8, 4) is 0 Å². The van der Waals surface area contributed by atoms with Gasteiger partial charge in [-0.2, -0.15) is 0 Å². The molecule has 1 heterocycles. The first kappa shape index (κ1) is 84.8. The minimum Gasteiger partial charge on any atom is -0.454 e. The Labute approximate surface area is 556 Å². The molecule has 0 spiro atoms. The number of aliphatic hydroxyl groups excluding tert-OH is 5. The molecule has 91 heavy (non-hydrogen) atoms. The van der Waals surface area contributed by atoms with Gasteiger partial charge in [-0.3, -0.25) is 9.59 Å². The molecular weight excluding hydrogens is 1130 g/mol. The third-order valence-corrected chi connectivity index (χ3v) is 16.5. The number of hydrogen-bond acceptors (Lipinski definition) is 10. The van der Waals surface area contributed by atoms with E-state index in [1.165, 1.54) is 103 Å². The number of carbonyl (C=O) groups excluding carboxylic acids is 2. The van der Waals surface area contributed by atoms with Crippen molar-refractivity contribution in [1.29, 1.82) is 0 Å². The van der Waals surface area contributed by atoms with Crippen LogP contribution in [0.2, 0.25) is 0 Å². The molecular formula is C80H135NO10. The summed E-state index contributed by atoms with van der Waals surface area (Å²) in [5.74, 6) is -1.21. The van der Waals surface area contributed by atoms with Crippen LogP contribution in [0.1, 0.15) is 297 Å². The van der Waals surface area contributed by atoms with Gasteiger partial charge in [0.05, 0.1) is 25.4 Å². The van der Waals surface area contributed by atoms with E-state index >= 15 is 0 Å². The van der Waals surface area contributed by atoms with Crippen LogP contribution in [0.15, 0.2) is 134 Å². The highest BCUT2D eigenvalue weighted by Gasteiger charge is 2.47. The highest BCUT2D eigenvalue weighted by Crippen LogP contribution is 2.26. The molecule has 0 radical (unpaired) electrons. The van der Waals surface area contributed by atoms with Crippen molar-refractivity contribution in [2.45, 2.75) is 346 Å². The topological polar surface area (TPSA) is 175 Å². The first-order valence-corrected chi connectivity index (χ1v) is 37.0. The van der Waals surface area contributed by atoms with Gasteiger partial charge in [-0.1, -0.05) is 302 Å². The van der Waals surface area contributed by atoms with Crippen molar-refractivity contribution >= 4 is 11.9 Å². The molecule has 0 aliphatic carbocycles. The lowest BCUT2D eigenvalue weighted by molar-refractivity contribution is -0.305. The predicted octanol–water partition coefficient (Wildman–Crippen LogP) is 19.5. The van der Waals surface area contributed by atoms with Crippen LogP contribution in [0, 0.1) is 0 Å². The maximum atomic E-state index is 13.5. The summed E-state index contributed by atoms with van der Waals surface area (Å²) in [4.78, 5) is 26.7. The van der Waals surface area contributed by atoms with Crippen molar-refractivity contribution in [1.82, 2.24) is 5.32 Å².